The normalized spacial score (nSPS) is 13.8. The Morgan fingerprint density at radius 1 is 1.04 bits per heavy atom. The molecule has 0 unspecified atom stereocenters. The molecule has 0 bridgehead atoms. The lowest BCUT2D eigenvalue weighted by molar-refractivity contribution is 0.585. The highest BCUT2D eigenvalue weighted by Gasteiger charge is 2.16. The van der Waals surface area contributed by atoms with Crippen LogP contribution < -0.4 is 16.0 Å². The molecule has 3 aromatic rings. The van der Waals surface area contributed by atoms with Crippen molar-refractivity contribution >= 4 is 53.1 Å². The van der Waals surface area contributed by atoms with Crippen LogP contribution in [0.2, 0.25) is 5.02 Å². The minimum absolute atomic E-state index is 0. The summed E-state index contributed by atoms with van der Waals surface area (Å²) in [5, 5.41) is 5.13. The summed E-state index contributed by atoms with van der Waals surface area (Å²) in [7, 11) is 0. The van der Waals surface area contributed by atoms with Crippen LogP contribution in [0, 0.1) is 6.92 Å². The molecule has 1 aliphatic rings. The fourth-order valence-corrected chi connectivity index (χ4v) is 3.77. The minimum Gasteiger partial charge on any atom is -0.353 e. The van der Waals surface area contributed by atoms with Gasteiger partial charge in [0.15, 0.2) is 0 Å². The zero-order valence-electron chi connectivity index (χ0n) is 15.7. The maximum atomic E-state index is 6.56. The number of aromatic nitrogens is 1. The van der Waals surface area contributed by atoms with Gasteiger partial charge >= 0.3 is 0 Å². The van der Waals surface area contributed by atoms with Gasteiger partial charge in [0.1, 0.15) is 5.82 Å². The first-order valence-electron chi connectivity index (χ1n) is 9.01. The Morgan fingerprint density at radius 2 is 1.71 bits per heavy atom. The highest BCUT2D eigenvalue weighted by atomic mass is 35.5. The number of fused-ring (bicyclic) bond motifs is 1. The molecule has 0 radical (unpaired) electrons. The molecular weight excluding hydrogens is 415 g/mol. The fraction of sp³-hybridized carbons (Fsp3) is 0.286. The molecule has 1 fully saturated rings. The molecule has 4 rings (SSSR count). The number of pyridine rings is 1. The first-order chi connectivity index (χ1) is 12.7. The predicted octanol–water partition coefficient (Wildman–Crippen LogP) is 4.58. The summed E-state index contributed by atoms with van der Waals surface area (Å²) < 4.78 is 0. The van der Waals surface area contributed by atoms with E-state index in [-0.39, 0.29) is 24.8 Å². The van der Waals surface area contributed by atoms with E-state index < -0.39 is 0 Å². The van der Waals surface area contributed by atoms with Crippen molar-refractivity contribution in [1.29, 1.82) is 0 Å². The van der Waals surface area contributed by atoms with Gasteiger partial charge in [0.2, 0.25) is 0 Å². The van der Waals surface area contributed by atoms with E-state index in [1.54, 1.807) is 0 Å². The number of hydrogen-bond acceptors (Lipinski definition) is 4. The molecule has 2 heterocycles. The summed E-state index contributed by atoms with van der Waals surface area (Å²) in [5.41, 5.74) is 11.5. The Labute approximate surface area is 183 Å². The average molecular weight is 440 g/mol. The van der Waals surface area contributed by atoms with Gasteiger partial charge in [0.05, 0.1) is 10.5 Å². The van der Waals surface area contributed by atoms with Gasteiger partial charge in [-0.25, -0.2) is 4.98 Å². The van der Waals surface area contributed by atoms with Crippen LogP contribution in [0.15, 0.2) is 42.5 Å². The van der Waals surface area contributed by atoms with Crippen LogP contribution in [-0.2, 0) is 6.54 Å². The van der Waals surface area contributed by atoms with Crippen LogP contribution >= 0.6 is 36.4 Å². The van der Waals surface area contributed by atoms with Gasteiger partial charge in [-0.15, -0.1) is 24.8 Å². The van der Waals surface area contributed by atoms with Crippen molar-refractivity contribution in [3.63, 3.8) is 0 Å². The minimum atomic E-state index is 0. The lowest BCUT2D eigenvalue weighted by Crippen LogP contribution is -2.44. The first-order valence-corrected chi connectivity index (χ1v) is 9.39. The Hall–Kier alpha value is -1.56. The number of hydrogen-bond donors (Lipinski definition) is 2. The van der Waals surface area contributed by atoms with Crippen LogP contribution in [0.5, 0.6) is 0 Å². The molecule has 0 aliphatic carbocycles. The van der Waals surface area contributed by atoms with Crippen LogP contribution in [0.25, 0.3) is 22.0 Å². The van der Waals surface area contributed by atoms with Crippen LogP contribution in [0.4, 0.5) is 5.82 Å². The smallest absolute Gasteiger partial charge is 0.148 e. The number of nitrogens with two attached hydrogens (primary N) is 1. The van der Waals surface area contributed by atoms with Crippen LogP contribution in [0.1, 0.15) is 11.1 Å². The van der Waals surface area contributed by atoms with Crippen molar-refractivity contribution in [1.82, 2.24) is 10.3 Å². The lowest BCUT2D eigenvalue weighted by atomic mass is 9.98. The second kappa shape index (κ2) is 9.77. The molecule has 7 heteroatoms. The van der Waals surface area contributed by atoms with E-state index in [4.69, 9.17) is 22.3 Å². The third kappa shape index (κ3) is 4.53. The molecule has 150 valence electrons. The summed E-state index contributed by atoms with van der Waals surface area (Å²) in [6, 6.07) is 14.8. The Balaban J connectivity index is 0.00000140. The summed E-state index contributed by atoms with van der Waals surface area (Å²) in [6.45, 7) is 6.43. The molecule has 2 aromatic carbocycles. The first kappa shape index (κ1) is 22.7. The van der Waals surface area contributed by atoms with Crippen molar-refractivity contribution in [3.8, 4) is 11.1 Å². The fourth-order valence-electron chi connectivity index (χ4n) is 3.49. The quantitative estimate of drug-likeness (QED) is 0.627. The number of halogens is 3. The maximum Gasteiger partial charge on any atom is 0.148 e. The summed E-state index contributed by atoms with van der Waals surface area (Å²) in [6.07, 6.45) is 0. The Kier molecular flexibility index (Phi) is 7.93. The van der Waals surface area contributed by atoms with Crippen LogP contribution in [0.3, 0.4) is 0 Å². The van der Waals surface area contributed by atoms with E-state index in [1.165, 1.54) is 16.7 Å². The van der Waals surface area contributed by atoms with Gasteiger partial charge in [-0.2, -0.15) is 0 Å². The predicted molar refractivity (Wildman–Crippen MR) is 124 cm³/mol. The molecule has 28 heavy (non-hydrogen) atoms. The van der Waals surface area contributed by atoms with Crippen molar-refractivity contribution < 1.29 is 0 Å². The van der Waals surface area contributed by atoms with E-state index in [1.807, 2.05) is 6.07 Å². The zero-order valence-corrected chi connectivity index (χ0v) is 18.1. The molecular formula is C21H25Cl3N4. The summed E-state index contributed by atoms with van der Waals surface area (Å²) >= 11 is 6.56. The third-order valence-corrected chi connectivity index (χ3v) is 5.35. The summed E-state index contributed by atoms with van der Waals surface area (Å²) in [4.78, 5) is 7.08. The number of aryl methyl sites for hydroxylation is 1. The molecule has 0 amide bonds. The second-order valence-corrected chi connectivity index (χ2v) is 7.19. The maximum absolute atomic E-state index is 6.56. The number of piperazine rings is 1. The van der Waals surface area contributed by atoms with E-state index in [0.717, 1.165) is 48.5 Å². The molecule has 1 saturated heterocycles. The van der Waals surface area contributed by atoms with Crippen LogP contribution in [-0.4, -0.2) is 31.2 Å². The molecule has 0 atom stereocenters. The van der Waals surface area contributed by atoms with Crippen molar-refractivity contribution in [2.45, 2.75) is 13.5 Å². The SMILES string of the molecule is Cc1ccc(-c2ccc3nc(N4CCNCC4)c(Cl)cc3c2)cc1CN.Cl.Cl. The van der Waals surface area contributed by atoms with Gasteiger partial charge in [-0.05, 0) is 53.4 Å². The molecule has 0 spiro atoms. The molecule has 3 N–H and O–H groups in total. The second-order valence-electron chi connectivity index (χ2n) is 6.78. The van der Waals surface area contributed by atoms with E-state index in [9.17, 15) is 0 Å². The lowest BCUT2D eigenvalue weighted by Gasteiger charge is -2.29. The van der Waals surface area contributed by atoms with Gasteiger partial charge in [0.25, 0.3) is 0 Å². The summed E-state index contributed by atoms with van der Waals surface area (Å²) in [5.74, 6) is 0.883. The monoisotopic (exact) mass is 438 g/mol. The number of rotatable bonds is 3. The highest BCUT2D eigenvalue weighted by Crippen LogP contribution is 2.31. The molecule has 0 saturated carbocycles. The van der Waals surface area contributed by atoms with Gasteiger partial charge in [0, 0.05) is 38.1 Å². The zero-order chi connectivity index (χ0) is 18.1. The number of nitrogens with one attached hydrogen (secondary N) is 1. The highest BCUT2D eigenvalue weighted by molar-refractivity contribution is 6.33. The van der Waals surface area contributed by atoms with E-state index in [0.29, 0.717) is 11.6 Å². The average Bonchev–Trinajstić information content (AvgIpc) is 2.68. The standard InChI is InChI=1S/C21H23ClN4.2ClH/c1-14-2-3-15(11-18(14)13-23)16-4-5-20-17(10-16)12-19(22)21(25-20)26-8-6-24-7-9-26;;/h2-5,10-12,24H,6-9,13,23H2,1H3;2*1H. The van der Waals surface area contributed by atoms with Crippen molar-refractivity contribution in [2.24, 2.45) is 5.73 Å². The molecule has 4 nitrogen and oxygen atoms in total. The third-order valence-electron chi connectivity index (χ3n) is 5.07. The number of anilines is 1. The number of benzene rings is 2. The Bertz CT molecular complexity index is 956. The van der Waals surface area contributed by atoms with Gasteiger partial charge in [-0.3, -0.25) is 0 Å². The van der Waals surface area contributed by atoms with Gasteiger partial charge in [-0.1, -0.05) is 29.8 Å². The van der Waals surface area contributed by atoms with E-state index >= 15 is 0 Å². The molecule has 1 aromatic heterocycles. The number of nitrogens with zero attached hydrogens (tertiary/aromatic N) is 2. The van der Waals surface area contributed by atoms with Crippen molar-refractivity contribution in [2.75, 3.05) is 31.1 Å². The van der Waals surface area contributed by atoms with Gasteiger partial charge < -0.3 is 16.0 Å². The van der Waals surface area contributed by atoms with Crippen molar-refractivity contribution in [3.05, 3.63) is 58.6 Å². The Morgan fingerprint density at radius 3 is 2.43 bits per heavy atom. The van der Waals surface area contributed by atoms with E-state index in [2.05, 4.69) is 53.5 Å². The molecule has 1 aliphatic heterocycles. The topological polar surface area (TPSA) is 54.2 Å². The largest absolute Gasteiger partial charge is 0.353 e.